The average molecular weight is 354 g/mol. The Bertz CT molecular complexity index is 904. The van der Waals surface area contributed by atoms with E-state index in [1.807, 2.05) is 17.8 Å². The van der Waals surface area contributed by atoms with E-state index in [0.29, 0.717) is 0 Å². The number of nitrogens with zero attached hydrogens (tertiary/aromatic N) is 2. The van der Waals surface area contributed by atoms with Crippen LogP contribution in [0.25, 0.3) is 6.08 Å². The summed E-state index contributed by atoms with van der Waals surface area (Å²) in [5.41, 5.74) is 4.58. The number of aliphatic hydroxyl groups is 1. The molecular formula is C21H26N2O3. The second-order valence-corrected chi connectivity index (χ2v) is 7.58. The minimum atomic E-state index is -0.588. The molecule has 5 nitrogen and oxygen atoms in total. The van der Waals surface area contributed by atoms with E-state index in [4.69, 9.17) is 4.74 Å². The molecule has 0 saturated carbocycles. The molecule has 26 heavy (non-hydrogen) atoms. The molecular weight excluding hydrogens is 328 g/mol. The molecule has 1 unspecified atom stereocenters. The largest absolute Gasteiger partial charge is 0.870 e. The van der Waals surface area contributed by atoms with Gasteiger partial charge in [-0.2, -0.15) is 0 Å². The van der Waals surface area contributed by atoms with Crippen molar-refractivity contribution in [3.05, 3.63) is 58.9 Å². The molecule has 2 N–H and O–H groups in total. The van der Waals surface area contributed by atoms with Crippen molar-refractivity contribution in [3.8, 4) is 5.75 Å². The molecule has 2 aliphatic heterocycles. The first-order valence-electron chi connectivity index (χ1n) is 8.68. The Morgan fingerprint density at radius 2 is 1.92 bits per heavy atom. The lowest BCUT2D eigenvalue weighted by molar-refractivity contribution is -0.678. The molecule has 5 heteroatoms. The molecule has 0 radical (unpaired) electrons. The predicted molar refractivity (Wildman–Crippen MR) is 100 cm³/mol. The maximum absolute atomic E-state index is 9.75. The van der Waals surface area contributed by atoms with Crippen molar-refractivity contribution in [2.24, 2.45) is 7.05 Å². The number of fused-ring (bicyclic) bond motifs is 2. The summed E-state index contributed by atoms with van der Waals surface area (Å²) in [7, 11) is 4.08. The van der Waals surface area contributed by atoms with Gasteiger partial charge in [-0.15, -0.1) is 0 Å². The molecule has 3 heterocycles. The molecule has 138 valence electrons. The third-order valence-electron chi connectivity index (χ3n) is 6.03. The van der Waals surface area contributed by atoms with Crippen LogP contribution in [0.2, 0.25) is 0 Å². The highest BCUT2D eigenvalue weighted by Gasteiger charge is 2.58. The van der Waals surface area contributed by atoms with Crippen LogP contribution in [0.4, 0.5) is 5.69 Å². The Morgan fingerprint density at radius 3 is 2.58 bits per heavy atom. The Labute approximate surface area is 154 Å². The number of rotatable bonds is 1. The SMILES string of the molecule is Cc1c2c(c(CO)c[n+]1C)C=CC1(O2)N(C)c2ccccc2C1(C)C.[OH-]. The van der Waals surface area contributed by atoms with Crippen molar-refractivity contribution < 1.29 is 19.9 Å². The van der Waals surface area contributed by atoms with Gasteiger partial charge in [0.15, 0.2) is 11.9 Å². The summed E-state index contributed by atoms with van der Waals surface area (Å²) in [5, 5.41) is 9.75. The number of pyridine rings is 1. The van der Waals surface area contributed by atoms with Gasteiger partial charge in [0.2, 0.25) is 11.4 Å². The molecule has 1 atom stereocenters. The molecule has 1 aromatic carbocycles. The van der Waals surface area contributed by atoms with Gasteiger partial charge in [0.25, 0.3) is 0 Å². The Kier molecular flexibility index (Phi) is 4.13. The van der Waals surface area contributed by atoms with Gasteiger partial charge in [-0.25, -0.2) is 4.57 Å². The first-order chi connectivity index (χ1) is 11.8. The normalized spacial score (nSPS) is 21.8. The summed E-state index contributed by atoms with van der Waals surface area (Å²) >= 11 is 0. The molecule has 2 aliphatic rings. The lowest BCUT2D eigenvalue weighted by Gasteiger charge is -2.45. The summed E-state index contributed by atoms with van der Waals surface area (Å²) in [6.45, 7) is 6.52. The zero-order chi connectivity index (χ0) is 18.0. The fraction of sp³-hybridized carbons (Fsp3) is 0.381. The van der Waals surface area contributed by atoms with Gasteiger partial charge in [0.05, 0.1) is 17.6 Å². The monoisotopic (exact) mass is 354 g/mol. The minimum Gasteiger partial charge on any atom is -0.870 e. The summed E-state index contributed by atoms with van der Waals surface area (Å²) in [5.74, 6) is 0.851. The Morgan fingerprint density at radius 1 is 1.23 bits per heavy atom. The van der Waals surface area contributed by atoms with E-state index in [1.165, 1.54) is 11.3 Å². The van der Waals surface area contributed by atoms with Crippen LogP contribution in [0.5, 0.6) is 5.75 Å². The van der Waals surface area contributed by atoms with Crippen LogP contribution in [0.3, 0.4) is 0 Å². The van der Waals surface area contributed by atoms with Gasteiger partial charge < -0.3 is 20.2 Å². The topological polar surface area (TPSA) is 66.6 Å². The maximum Gasteiger partial charge on any atom is 0.221 e. The number of anilines is 1. The van der Waals surface area contributed by atoms with E-state index in [0.717, 1.165) is 22.6 Å². The van der Waals surface area contributed by atoms with E-state index >= 15 is 0 Å². The third kappa shape index (κ3) is 2.07. The lowest BCUT2D eigenvalue weighted by atomic mass is 9.76. The summed E-state index contributed by atoms with van der Waals surface area (Å²) in [6.07, 6.45) is 6.23. The van der Waals surface area contributed by atoms with Crippen LogP contribution in [0.1, 0.15) is 36.2 Å². The third-order valence-corrected chi connectivity index (χ3v) is 6.03. The Balaban J connectivity index is 0.00000196. The van der Waals surface area contributed by atoms with Gasteiger partial charge >= 0.3 is 0 Å². The molecule has 1 aromatic heterocycles. The molecule has 4 rings (SSSR count). The fourth-order valence-corrected chi connectivity index (χ4v) is 4.33. The average Bonchev–Trinajstić information content (AvgIpc) is 2.77. The van der Waals surface area contributed by atoms with Gasteiger partial charge in [0.1, 0.15) is 7.05 Å². The second-order valence-electron chi connectivity index (χ2n) is 7.58. The number of benzene rings is 1. The van der Waals surface area contributed by atoms with Crippen LogP contribution < -0.4 is 14.2 Å². The minimum absolute atomic E-state index is 0. The van der Waals surface area contributed by atoms with Crippen molar-refractivity contribution in [2.45, 2.75) is 38.5 Å². The number of likely N-dealkylation sites (N-methyl/N-ethyl adjacent to an activating group) is 1. The smallest absolute Gasteiger partial charge is 0.221 e. The molecule has 0 fully saturated rings. The Hall–Kier alpha value is -2.37. The van der Waals surface area contributed by atoms with Crippen molar-refractivity contribution >= 4 is 11.8 Å². The van der Waals surface area contributed by atoms with Crippen molar-refractivity contribution in [1.82, 2.24) is 0 Å². The summed E-state index contributed by atoms with van der Waals surface area (Å²) in [4.78, 5) is 2.23. The first kappa shape index (κ1) is 18.4. The van der Waals surface area contributed by atoms with Crippen LogP contribution in [-0.4, -0.2) is 23.4 Å². The standard InChI is InChI=1S/C21H25N2O2.H2O/c1-14-19-16(15(13-24)12-22(14)4)10-11-21(25-19)20(2,3)17-8-6-7-9-18(17)23(21)5;/h6-12,24H,13H2,1-5H3;1H2/q+1;/p-1. The number of aryl methyl sites for hydroxylation is 1. The molecule has 2 aromatic rings. The first-order valence-corrected chi connectivity index (χ1v) is 8.68. The number of aromatic nitrogens is 1. The van der Waals surface area contributed by atoms with Crippen molar-refractivity contribution in [2.75, 3.05) is 11.9 Å². The maximum atomic E-state index is 9.75. The van der Waals surface area contributed by atoms with E-state index in [9.17, 15) is 5.11 Å². The van der Waals surface area contributed by atoms with Crippen LogP contribution in [-0.2, 0) is 19.1 Å². The number of hydrogen-bond donors (Lipinski definition) is 1. The molecule has 0 bridgehead atoms. The highest BCUT2D eigenvalue weighted by molar-refractivity contribution is 5.73. The number of para-hydroxylation sites is 1. The fourth-order valence-electron chi connectivity index (χ4n) is 4.33. The van der Waals surface area contributed by atoms with E-state index in [1.54, 1.807) is 0 Å². The lowest BCUT2D eigenvalue weighted by Crippen LogP contribution is -2.58. The molecule has 0 amide bonds. The van der Waals surface area contributed by atoms with Gasteiger partial charge in [0, 0.05) is 25.2 Å². The number of ether oxygens (including phenoxy) is 1. The molecule has 1 spiro atoms. The van der Waals surface area contributed by atoms with Crippen LogP contribution >= 0.6 is 0 Å². The highest BCUT2D eigenvalue weighted by Crippen LogP contribution is 2.54. The van der Waals surface area contributed by atoms with Gasteiger partial charge in [-0.3, -0.25) is 0 Å². The van der Waals surface area contributed by atoms with Crippen LogP contribution in [0.15, 0.2) is 36.5 Å². The van der Waals surface area contributed by atoms with Crippen LogP contribution in [0, 0.1) is 6.92 Å². The summed E-state index contributed by atoms with van der Waals surface area (Å²) < 4.78 is 8.77. The quantitative estimate of drug-likeness (QED) is 0.800. The van der Waals surface area contributed by atoms with Gasteiger partial charge in [-0.05, 0) is 37.6 Å². The number of hydrogen-bond acceptors (Lipinski definition) is 4. The van der Waals surface area contributed by atoms with E-state index < -0.39 is 5.72 Å². The number of aliphatic hydroxyl groups excluding tert-OH is 1. The van der Waals surface area contributed by atoms with Gasteiger partial charge in [-0.1, -0.05) is 18.2 Å². The summed E-state index contributed by atoms with van der Waals surface area (Å²) in [6, 6.07) is 8.49. The van der Waals surface area contributed by atoms with Crippen molar-refractivity contribution in [1.29, 1.82) is 0 Å². The zero-order valence-electron chi connectivity index (χ0n) is 15.9. The van der Waals surface area contributed by atoms with E-state index in [-0.39, 0.29) is 17.5 Å². The van der Waals surface area contributed by atoms with Crippen molar-refractivity contribution in [3.63, 3.8) is 0 Å². The highest BCUT2D eigenvalue weighted by atomic mass is 16.5. The van der Waals surface area contributed by atoms with E-state index in [2.05, 4.69) is 69.1 Å². The zero-order valence-corrected chi connectivity index (χ0v) is 15.9. The second kappa shape index (κ2) is 5.83. The molecule has 0 saturated heterocycles. The predicted octanol–water partition coefficient (Wildman–Crippen LogP) is 2.66. The molecule has 0 aliphatic carbocycles.